The summed E-state index contributed by atoms with van der Waals surface area (Å²) in [4.78, 5) is 3.78. The van der Waals surface area contributed by atoms with Crippen LogP contribution in [0.15, 0.2) is 30.6 Å². The number of hydrogen-bond acceptors (Lipinski definition) is 3. The van der Waals surface area contributed by atoms with Gasteiger partial charge in [-0.3, -0.25) is 4.98 Å². The Morgan fingerprint density at radius 3 is 1.78 bits per heavy atom. The molecule has 1 heterocycles. The van der Waals surface area contributed by atoms with Gasteiger partial charge in [-0.2, -0.15) is 0 Å². The Bertz CT molecular complexity index is 141. The standard InChI is InChI=1S/C5H5N.CHNS/c1-2-4-6-5-3-1;2-1-3/h1-5H;2H. The maximum Gasteiger partial charge on any atom is 0.0554 e. The third-order valence-electron chi connectivity index (χ3n) is 0.566. The zero-order valence-electron chi connectivity index (χ0n) is 4.74. The number of nitrogens with one attached hydrogen (secondary N) is 1. The zero-order valence-corrected chi connectivity index (χ0v) is 5.56. The van der Waals surface area contributed by atoms with Crippen molar-refractivity contribution >= 4 is 17.4 Å². The maximum absolute atomic E-state index is 5.77. The molecule has 0 fully saturated rings. The SMILES string of the molecule is N=C=S.c1ccncc1. The van der Waals surface area contributed by atoms with Gasteiger partial charge in [0.2, 0.25) is 0 Å². The third-order valence-corrected chi connectivity index (χ3v) is 0.566. The number of hydrogen-bond donors (Lipinski definition) is 1. The average Bonchev–Trinajstić information content (AvgIpc) is 1.93. The second kappa shape index (κ2) is 6.95. The number of isothiocyanates is 1. The van der Waals surface area contributed by atoms with Crippen LogP contribution in [0.5, 0.6) is 0 Å². The molecule has 1 aromatic heterocycles. The molecule has 1 aromatic rings. The minimum Gasteiger partial charge on any atom is -0.265 e. The fourth-order valence-electron chi connectivity index (χ4n) is 0.313. The van der Waals surface area contributed by atoms with Gasteiger partial charge in [-0.15, -0.1) is 0 Å². The van der Waals surface area contributed by atoms with Gasteiger partial charge in [0.15, 0.2) is 0 Å². The molecule has 46 valence electrons. The maximum atomic E-state index is 5.77. The summed E-state index contributed by atoms with van der Waals surface area (Å²) >= 11 is 3.81. The summed E-state index contributed by atoms with van der Waals surface area (Å²) in [5.74, 6) is 0. The minimum absolute atomic E-state index is 1.58. The number of aromatic nitrogens is 1. The van der Waals surface area contributed by atoms with Crippen LogP contribution in [0, 0.1) is 5.41 Å². The average molecular weight is 138 g/mol. The predicted molar refractivity (Wildman–Crippen MR) is 39.6 cm³/mol. The monoisotopic (exact) mass is 138 g/mol. The smallest absolute Gasteiger partial charge is 0.0554 e. The van der Waals surface area contributed by atoms with E-state index in [1.54, 1.807) is 17.6 Å². The molecule has 0 amide bonds. The van der Waals surface area contributed by atoms with Crippen LogP contribution < -0.4 is 0 Å². The second-order valence-corrected chi connectivity index (χ2v) is 1.33. The first-order chi connectivity index (χ1) is 4.41. The Balaban J connectivity index is 0.000000187. The molecule has 2 nitrogen and oxygen atoms in total. The van der Waals surface area contributed by atoms with Gasteiger partial charge in [-0.25, -0.2) is 5.41 Å². The lowest BCUT2D eigenvalue weighted by Crippen LogP contribution is -1.58. The van der Waals surface area contributed by atoms with Crippen LogP contribution in [0.25, 0.3) is 0 Å². The Morgan fingerprint density at radius 2 is 1.67 bits per heavy atom. The molecule has 0 aliphatic heterocycles. The molecule has 0 saturated carbocycles. The van der Waals surface area contributed by atoms with Gasteiger partial charge < -0.3 is 0 Å². The highest BCUT2D eigenvalue weighted by Crippen LogP contribution is 1.73. The van der Waals surface area contributed by atoms with Crippen molar-refractivity contribution in [2.45, 2.75) is 0 Å². The van der Waals surface area contributed by atoms with Crippen molar-refractivity contribution in [2.75, 3.05) is 0 Å². The summed E-state index contributed by atoms with van der Waals surface area (Å²) < 4.78 is 0. The van der Waals surface area contributed by atoms with Gasteiger partial charge in [-0.05, 0) is 24.4 Å². The van der Waals surface area contributed by atoms with Crippen molar-refractivity contribution in [1.82, 2.24) is 4.98 Å². The van der Waals surface area contributed by atoms with E-state index in [2.05, 4.69) is 17.2 Å². The van der Waals surface area contributed by atoms with Crippen LogP contribution in [0.1, 0.15) is 0 Å². The van der Waals surface area contributed by atoms with E-state index in [1.165, 1.54) is 0 Å². The number of pyridine rings is 1. The molecule has 0 atom stereocenters. The van der Waals surface area contributed by atoms with E-state index in [1.807, 2.05) is 18.2 Å². The molecule has 1 N–H and O–H groups in total. The first-order valence-electron chi connectivity index (χ1n) is 2.30. The zero-order chi connectivity index (χ0) is 6.95. The van der Waals surface area contributed by atoms with Crippen LogP contribution in [-0.4, -0.2) is 10.1 Å². The van der Waals surface area contributed by atoms with E-state index in [9.17, 15) is 0 Å². The molecule has 0 radical (unpaired) electrons. The first kappa shape index (κ1) is 7.95. The second-order valence-electron chi connectivity index (χ2n) is 1.13. The summed E-state index contributed by atoms with van der Waals surface area (Å²) in [5, 5.41) is 7.36. The van der Waals surface area contributed by atoms with Gasteiger partial charge >= 0.3 is 0 Å². The first-order valence-corrected chi connectivity index (χ1v) is 2.71. The fraction of sp³-hybridized carbons (Fsp3) is 0. The van der Waals surface area contributed by atoms with Crippen LogP contribution in [0.3, 0.4) is 0 Å². The van der Waals surface area contributed by atoms with E-state index >= 15 is 0 Å². The molecule has 3 heteroatoms. The van der Waals surface area contributed by atoms with E-state index in [0.29, 0.717) is 0 Å². The van der Waals surface area contributed by atoms with Crippen molar-refractivity contribution in [1.29, 1.82) is 5.41 Å². The lowest BCUT2D eigenvalue weighted by molar-refractivity contribution is 1.33. The van der Waals surface area contributed by atoms with E-state index in [4.69, 9.17) is 5.41 Å². The summed E-state index contributed by atoms with van der Waals surface area (Å²) in [6, 6.07) is 5.72. The van der Waals surface area contributed by atoms with Crippen molar-refractivity contribution in [3.8, 4) is 0 Å². The molecule has 1 rings (SSSR count). The van der Waals surface area contributed by atoms with Gasteiger partial charge in [0.1, 0.15) is 0 Å². The van der Waals surface area contributed by atoms with Crippen LogP contribution >= 0.6 is 12.2 Å². The van der Waals surface area contributed by atoms with Crippen LogP contribution in [-0.2, 0) is 0 Å². The predicted octanol–water partition coefficient (Wildman–Crippen LogP) is 1.75. The highest BCUT2D eigenvalue weighted by atomic mass is 32.1. The Morgan fingerprint density at radius 1 is 1.22 bits per heavy atom. The lowest BCUT2D eigenvalue weighted by Gasteiger charge is -1.70. The highest BCUT2D eigenvalue weighted by molar-refractivity contribution is 7.78. The largest absolute Gasteiger partial charge is 0.265 e. The van der Waals surface area contributed by atoms with Crippen LogP contribution in [0.2, 0.25) is 0 Å². The van der Waals surface area contributed by atoms with Crippen molar-refractivity contribution < 1.29 is 0 Å². The Hall–Kier alpha value is -1.05. The van der Waals surface area contributed by atoms with E-state index in [0.717, 1.165) is 0 Å². The van der Waals surface area contributed by atoms with Gasteiger partial charge in [0, 0.05) is 12.4 Å². The molecule has 0 aliphatic carbocycles. The van der Waals surface area contributed by atoms with Gasteiger partial charge in [0.05, 0.1) is 5.16 Å². The van der Waals surface area contributed by atoms with E-state index in [-0.39, 0.29) is 0 Å². The van der Waals surface area contributed by atoms with Crippen LogP contribution in [0.4, 0.5) is 0 Å². The topological polar surface area (TPSA) is 36.7 Å². The molecule has 0 aromatic carbocycles. The molecule has 0 saturated heterocycles. The van der Waals surface area contributed by atoms with Crippen molar-refractivity contribution in [3.63, 3.8) is 0 Å². The van der Waals surface area contributed by atoms with Crippen molar-refractivity contribution in [2.24, 2.45) is 0 Å². The molecular formula is C6H6N2S. The summed E-state index contributed by atoms with van der Waals surface area (Å²) in [7, 11) is 0. The molecule has 0 spiro atoms. The normalized spacial score (nSPS) is 6.22. The quantitative estimate of drug-likeness (QED) is 0.438. The molecule has 0 unspecified atom stereocenters. The van der Waals surface area contributed by atoms with E-state index < -0.39 is 0 Å². The molecular weight excluding hydrogens is 132 g/mol. The number of nitrogens with zero attached hydrogens (tertiary/aromatic N) is 1. The molecule has 0 aliphatic rings. The van der Waals surface area contributed by atoms with Crippen molar-refractivity contribution in [3.05, 3.63) is 30.6 Å². The minimum atomic E-state index is 1.58. The van der Waals surface area contributed by atoms with Gasteiger partial charge in [0.25, 0.3) is 0 Å². The lowest BCUT2D eigenvalue weighted by atomic mass is 10.5. The Kier molecular flexibility index (Phi) is 6.14. The molecule has 9 heavy (non-hydrogen) atoms. The number of rotatable bonds is 0. The summed E-state index contributed by atoms with van der Waals surface area (Å²) in [5.41, 5.74) is 0. The number of thiocarbonyl (C=S) groups is 1. The summed E-state index contributed by atoms with van der Waals surface area (Å²) in [6.07, 6.45) is 3.50. The molecule has 0 bridgehead atoms. The summed E-state index contributed by atoms with van der Waals surface area (Å²) in [6.45, 7) is 0. The third kappa shape index (κ3) is 6.95. The highest BCUT2D eigenvalue weighted by Gasteiger charge is 1.58. The van der Waals surface area contributed by atoms with Gasteiger partial charge in [-0.1, -0.05) is 6.07 Å². The Labute approximate surface area is 59.1 Å². The fourth-order valence-corrected chi connectivity index (χ4v) is 0.313.